The molecule has 0 atom stereocenters. The molecule has 0 amide bonds. The van der Waals surface area contributed by atoms with Crippen molar-refractivity contribution < 1.29 is 9.53 Å². The summed E-state index contributed by atoms with van der Waals surface area (Å²) in [6, 6.07) is 0. The van der Waals surface area contributed by atoms with Crippen LogP contribution in [0.15, 0.2) is 11.8 Å². The molecule has 0 radical (unpaired) electrons. The number of ether oxygens (including phenoxy) is 1. The second-order valence-corrected chi connectivity index (χ2v) is 2.70. The molecule has 0 heterocycles. The molecule has 0 aliphatic heterocycles. The maximum Gasteiger partial charge on any atom is 0.354 e. The normalized spacial score (nSPS) is 19.2. The summed E-state index contributed by atoms with van der Waals surface area (Å²) in [7, 11) is 0. The maximum absolute atomic E-state index is 11.0. The summed E-state index contributed by atoms with van der Waals surface area (Å²) in [6.45, 7) is 1.72. The van der Waals surface area contributed by atoms with Crippen LogP contribution >= 0.6 is 0 Å². The van der Waals surface area contributed by atoms with Crippen LogP contribution in [0.25, 0.3) is 0 Å². The molecule has 1 aliphatic rings. The Labute approximate surface area is 66.2 Å². The first-order chi connectivity index (χ1) is 5.24. The minimum absolute atomic E-state index is 0.126. The van der Waals surface area contributed by atoms with E-state index in [4.69, 9.17) is 10.5 Å². The van der Waals surface area contributed by atoms with Crippen LogP contribution in [0, 0.1) is 0 Å². The zero-order valence-corrected chi connectivity index (χ0v) is 6.67. The van der Waals surface area contributed by atoms with Crippen molar-refractivity contribution in [3.63, 3.8) is 0 Å². The third-order valence-corrected chi connectivity index (χ3v) is 1.87. The third-order valence-electron chi connectivity index (χ3n) is 1.87. The highest BCUT2D eigenvalue weighted by molar-refractivity contribution is 5.87. The van der Waals surface area contributed by atoms with E-state index in [0.29, 0.717) is 0 Å². The zero-order valence-electron chi connectivity index (χ0n) is 6.67. The Morgan fingerprint density at radius 2 is 2.27 bits per heavy atom. The van der Waals surface area contributed by atoms with Crippen LogP contribution in [0.5, 0.6) is 0 Å². The van der Waals surface area contributed by atoms with Gasteiger partial charge in [-0.25, -0.2) is 4.79 Å². The zero-order chi connectivity index (χ0) is 8.27. The van der Waals surface area contributed by atoms with Crippen molar-refractivity contribution >= 4 is 5.97 Å². The van der Waals surface area contributed by atoms with Gasteiger partial charge >= 0.3 is 5.97 Å². The Balaban J connectivity index is 2.30. The van der Waals surface area contributed by atoms with Gasteiger partial charge in [0.05, 0.1) is 0 Å². The molecule has 0 spiro atoms. The number of hydrogen-bond acceptors (Lipinski definition) is 3. The predicted molar refractivity (Wildman–Crippen MR) is 41.7 cm³/mol. The monoisotopic (exact) mass is 155 g/mol. The molecule has 3 heteroatoms. The van der Waals surface area contributed by atoms with Crippen molar-refractivity contribution in [2.45, 2.75) is 32.3 Å². The summed E-state index contributed by atoms with van der Waals surface area (Å²) in [5.41, 5.74) is 5.54. The third kappa shape index (κ3) is 1.97. The molecule has 0 saturated heterocycles. The standard InChI is InChI=1S/C8H13NO2/c1-2-7(9)8(10)11-6-4-3-5-6/h2,6H,3-5,9H2,1H3. The van der Waals surface area contributed by atoms with Gasteiger partial charge in [0.15, 0.2) is 0 Å². The van der Waals surface area contributed by atoms with Gasteiger partial charge in [0, 0.05) is 0 Å². The van der Waals surface area contributed by atoms with E-state index in [-0.39, 0.29) is 17.8 Å². The lowest BCUT2D eigenvalue weighted by molar-refractivity contribution is -0.148. The second kappa shape index (κ2) is 3.42. The van der Waals surface area contributed by atoms with Crippen molar-refractivity contribution in [1.29, 1.82) is 0 Å². The molecule has 3 nitrogen and oxygen atoms in total. The molecule has 1 aliphatic carbocycles. The van der Waals surface area contributed by atoms with Crippen LogP contribution in [-0.4, -0.2) is 12.1 Å². The lowest BCUT2D eigenvalue weighted by atomic mass is 9.96. The Hall–Kier alpha value is -0.990. The minimum atomic E-state index is -0.378. The molecule has 0 bridgehead atoms. The fourth-order valence-corrected chi connectivity index (χ4v) is 0.826. The SMILES string of the molecule is CC=C(N)C(=O)OC1CCC1. The fraction of sp³-hybridized carbons (Fsp3) is 0.625. The molecule has 0 aromatic carbocycles. The number of carbonyl (C=O) groups is 1. The molecule has 2 N–H and O–H groups in total. The first-order valence-corrected chi connectivity index (χ1v) is 3.87. The van der Waals surface area contributed by atoms with Gasteiger partial charge in [0.25, 0.3) is 0 Å². The molecular weight excluding hydrogens is 142 g/mol. The lowest BCUT2D eigenvalue weighted by Gasteiger charge is -2.24. The van der Waals surface area contributed by atoms with Gasteiger partial charge in [-0.15, -0.1) is 0 Å². The van der Waals surface area contributed by atoms with Gasteiger partial charge in [-0.3, -0.25) is 0 Å². The first kappa shape index (κ1) is 8.11. The van der Waals surface area contributed by atoms with Gasteiger partial charge in [-0.05, 0) is 26.2 Å². The summed E-state index contributed by atoms with van der Waals surface area (Å²) in [5, 5.41) is 0. The Bertz CT molecular complexity index is 183. The van der Waals surface area contributed by atoms with E-state index < -0.39 is 0 Å². The highest BCUT2D eigenvalue weighted by Gasteiger charge is 2.22. The minimum Gasteiger partial charge on any atom is -0.458 e. The second-order valence-electron chi connectivity index (χ2n) is 2.70. The fourth-order valence-electron chi connectivity index (χ4n) is 0.826. The number of hydrogen-bond donors (Lipinski definition) is 1. The van der Waals surface area contributed by atoms with E-state index in [1.807, 2.05) is 0 Å². The van der Waals surface area contributed by atoms with Gasteiger partial charge in [0.1, 0.15) is 11.8 Å². The van der Waals surface area contributed by atoms with Gasteiger partial charge in [-0.1, -0.05) is 6.08 Å². The van der Waals surface area contributed by atoms with Crippen LogP contribution in [0.1, 0.15) is 26.2 Å². The van der Waals surface area contributed by atoms with Crippen molar-refractivity contribution in [2.75, 3.05) is 0 Å². The number of carbonyl (C=O) groups excluding carboxylic acids is 1. The largest absolute Gasteiger partial charge is 0.458 e. The summed E-state index contributed by atoms with van der Waals surface area (Å²) in [6.07, 6.45) is 4.82. The van der Waals surface area contributed by atoms with Crippen LogP contribution in [0.4, 0.5) is 0 Å². The van der Waals surface area contributed by atoms with E-state index in [1.165, 1.54) is 0 Å². The van der Waals surface area contributed by atoms with E-state index in [1.54, 1.807) is 13.0 Å². The first-order valence-electron chi connectivity index (χ1n) is 3.87. The van der Waals surface area contributed by atoms with Crippen molar-refractivity contribution in [1.82, 2.24) is 0 Å². The summed E-state index contributed by atoms with van der Waals surface area (Å²) < 4.78 is 5.01. The van der Waals surface area contributed by atoms with Crippen LogP contribution in [-0.2, 0) is 9.53 Å². The van der Waals surface area contributed by atoms with Crippen LogP contribution < -0.4 is 5.73 Å². The molecule has 1 fully saturated rings. The lowest BCUT2D eigenvalue weighted by Crippen LogP contribution is -2.27. The summed E-state index contributed by atoms with van der Waals surface area (Å²) in [5.74, 6) is -0.378. The molecule has 1 saturated carbocycles. The molecule has 0 unspecified atom stereocenters. The topological polar surface area (TPSA) is 52.3 Å². The molecule has 0 aromatic heterocycles. The highest BCUT2D eigenvalue weighted by atomic mass is 16.5. The number of nitrogens with two attached hydrogens (primary N) is 1. The van der Waals surface area contributed by atoms with Gasteiger partial charge in [0.2, 0.25) is 0 Å². The summed E-state index contributed by atoms with van der Waals surface area (Å²) in [4.78, 5) is 11.0. The van der Waals surface area contributed by atoms with Gasteiger partial charge < -0.3 is 10.5 Å². The van der Waals surface area contributed by atoms with Crippen molar-refractivity contribution in [2.24, 2.45) is 5.73 Å². The average Bonchev–Trinajstić information content (AvgIpc) is 1.94. The summed E-state index contributed by atoms with van der Waals surface area (Å²) >= 11 is 0. The molecule has 11 heavy (non-hydrogen) atoms. The number of esters is 1. The van der Waals surface area contributed by atoms with E-state index in [2.05, 4.69) is 0 Å². The quantitative estimate of drug-likeness (QED) is 0.477. The Kier molecular flexibility index (Phi) is 2.52. The average molecular weight is 155 g/mol. The van der Waals surface area contributed by atoms with E-state index in [9.17, 15) is 4.79 Å². The Morgan fingerprint density at radius 1 is 1.64 bits per heavy atom. The predicted octanol–water partition coefficient (Wildman–Crippen LogP) is 0.945. The highest BCUT2D eigenvalue weighted by Crippen LogP contribution is 2.22. The van der Waals surface area contributed by atoms with Crippen molar-refractivity contribution in [3.05, 3.63) is 11.8 Å². The smallest absolute Gasteiger partial charge is 0.354 e. The molecule has 62 valence electrons. The number of rotatable bonds is 2. The van der Waals surface area contributed by atoms with Crippen molar-refractivity contribution in [3.8, 4) is 0 Å². The molecular formula is C8H13NO2. The molecule has 1 rings (SSSR count). The Morgan fingerprint density at radius 3 is 2.64 bits per heavy atom. The maximum atomic E-state index is 11.0. The van der Waals surface area contributed by atoms with E-state index >= 15 is 0 Å². The van der Waals surface area contributed by atoms with Crippen LogP contribution in [0.3, 0.4) is 0 Å². The van der Waals surface area contributed by atoms with Gasteiger partial charge in [-0.2, -0.15) is 0 Å². The number of allylic oxidation sites excluding steroid dienone is 1. The molecule has 0 aromatic rings. The van der Waals surface area contributed by atoms with E-state index in [0.717, 1.165) is 19.3 Å². The van der Waals surface area contributed by atoms with Crippen LogP contribution in [0.2, 0.25) is 0 Å².